The average Bonchev–Trinajstić information content (AvgIpc) is 2.55. The molecular weight excluding hydrogens is 301 g/mol. The van der Waals surface area contributed by atoms with Crippen molar-refractivity contribution in [2.45, 2.75) is 13.5 Å². The molecule has 0 atom stereocenters. The molecule has 0 fully saturated rings. The van der Waals surface area contributed by atoms with Crippen LogP contribution >= 0.6 is 0 Å². The van der Waals surface area contributed by atoms with Crippen LogP contribution in [0.1, 0.15) is 23.0 Å². The van der Waals surface area contributed by atoms with E-state index >= 15 is 0 Å². The number of carbonyl (C=O) groups is 2. The minimum atomic E-state index is -0.546. The fourth-order valence-corrected chi connectivity index (χ4v) is 1.80. The number of aromatic nitrogens is 1. The third-order valence-electron chi connectivity index (χ3n) is 2.87. The van der Waals surface area contributed by atoms with Crippen LogP contribution in [-0.2, 0) is 11.3 Å². The Morgan fingerprint density at radius 1 is 1.22 bits per heavy atom. The summed E-state index contributed by atoms with van der Waals surface area (Å²) in [6.45, 7) is 2.13. The van der Waals surface area contributed by atoms with Crippen molar-refractivity contribution < 1.29 is 18.7 Å². The average molecular weight is 317 g/mol. The standard InChI is InChI=1S/C16H16FN3O3/c1-2-23-16(22)19-10-14-9-11(7-8-18-14)15(21)20-13-5-3-12(17)4-6-13/h3-9H,2,10H2,1H3,(H,19,22)(H,20,21). The summed E-state index contributed by atoms with van der Waals surface area (Å²) in [5, 5.41) is 5.18. The zero-order valence-corrected chi connectivity index (χ0v) is 12.5. The molecule has 0 bridgehead atoms. The Labute approximate surface area is 132 Å². The molecule has 0 aliphatic rings. The number of nitrogens with one attached hydrogen (secondary N) is 2. The van der Waals surface area contributed by atoms with Gasteiger partial charge in [0.1, 0.15) is 5.82 Å². The summed E-state index contributed by atoms with van der Waals surface area (Å²) in [6, 6.07) is 8.57. The van der Waals surface area contributed by atoms with Gasteiger partial charge in [0.05, 0.1) is 18.8 Å². The molecule has 120 valence electrons. The van der Waals surface area contributed by atoms with Gasteiger partial charge in [0.25, 0.3) is 5.91 Å². The number of hydrogen-bond donors (Lipinski definition) is 2. The monoisotopic (exact) mass is 317 g/mol. The number of amides is 2. The van der Waals surface area contributed by atoms with E-state index in [2.05, 4.69) is 15.6 Å². The van der Waals surface area contributed by atoms with Gasteiger partial charge in [0, 0.05) is 17.4 Å². The number of nitrogens with zero attached hydrogens (tertiary/aromatic N) is 1. The highest BCUT2D eigenvalue weighted by Crippen LogP contribution is 2.11. The van der Waals surface area contributed by atoms with Gasteiger partial charge in [-0.2, -0.15) is 0 Å². The molecule has 2 N–H and O–H groups in total. The molecule has 0 aliphatic carbocycles. The van der Waals surface area contributed by atoms with E-state index in [0.29, 0.717) is 16.9 Å². The molecule has 7 heteroatoms. The second-order valence-corrected chi connectivity index (χ2v) is 4.57. The number of benzene rings is 1. The SMILES string of the molecule is CCOC(=O)NCc1cc(C(=O)Nc2ccc(F)cc2)ccn1. The van der Waals surface area contributed by atoms with Gasteiger partial charge in [-0.25, -0.2) is 9.18 Å². The second kappa shape index (κ2) is 7.88. The third kappa shape index (κ3) is 5.06. The van der Waals surface area contributed by atoms with E-state index in [1.807, 2.05) is 0 Å². The lowest BCUT2D eigenvalue weighted by atomic mass is 10.2. The predicted octanol–water partition coefficient (Wildman–Crippen LogP) is 2.72. The predicted molar refractivity (Wildman–Crippen MR) is 82.5 cm³/mol. The van der Waals surface area contributed by atoms with E-state index in [0.717, 1.165) is 0 Å². The summed E-state index contributed by atoms with van der Waals surface area (Å²) in [5.41, 5.74) is 1.38. The van der Waals surface area contributed by atoms with Gasteiger partial charge in [0.2, 0.25) is 0 Å². The maximum Gasteiger partial charge on any atom is 0.407 e. The number of hydrogen-bond acceptors (Lipinski definition) is 4. The highest BCUT2D eigenvalue weighted by molar-refractivity contribution is 6.04. The van der Waals surface area contributed by atoms with Crippen LogP contribution in [0.2, 0.25) is 0 Å². The van der Waals surface area contributed by atoms with E-state index < -0.39 is 6.09 Å². The Kier molecular flexibility index (Phi) is 5.62. The minimum Gasteiger partial charge on any atom is -0.450 e. The maximum atomic E-state index is 12.8. The number of carbonyl (C=O) groups excluding carboxylic acids is 2. The van der Waals surface area contributed by atoms with Gasteiger partial charge >= 0.3 is 6.09 Å². The molecule has 1 heterocycles. The van der Waals surface area contributed by atoms with Crippen LogP contribution in [0.4, 0.5) is 14.9 Å². The summed E-state index contributed by atoms with van der Waals surface area (Å²) in [4.78, 5) is 27.5. The van der Waals surface area contributed by atoms with Gasteiger partial charge in [-0.1, -0.05) is 0 Å². The van der Waals surface area contributed by atoms with Crippen molar-refractivity contribution in [3.05, 3.63) is 59.7 Å². The first kappa shape index (κ1) is 16.4. The zero-order chi connectivity index (χ0) is 16.7. The molecular formula is C16H16FN3O3. The van der Waals surface area contributed by atoms with Gasteiger partial charge in [0.15, 0.2) is 0 Å². The summed E-state index contributed by atoms with van der Waals surface area (Å²) in [6.07, 6.45) is 0.928. The fraction of sp³-hybridized carbons (Fsp3) is 0.188. The van der Waals surface area contributed by atoms with Gasteiger partial charge in [-0.3, -0.25) is 9.78 Å². The molecule has 1 aromatic heterocycles. The lowest BCUT2D eigenvalue weighted by Crippen LogP contribution is -2.24. The molecule has 2 amide bonds. The first-order valence-electron chi connectivity index (χ1n) is 7.01. The number of pyridine rings is 1. The molecule has 1 aromatic carbocycles. The van der Waals surface area contributed by atoms with E-state index in [-0.39, 0.29) is 24.9 Å². The Balaban J connectivity index is 1.99. The molecule has 0 saturated heterocycles. The lowest BCUT2D eigenvalue weighted by Gasteiger charge is -2.07. The topological polar surface area (TPSA) is 80.3 Å². The van der Waals surface area contributed by atoms with E-state index in [1.165, 1.54) is 30.5 Å². The largest absolute Gasteiger partial charge is 0.450 e. The van der Waals surface area contributed by atoms with Crippen molar-refractivity contribution in [1.82, 2.24) is 10.3 Å². The van der Waals surface area contributed by atoms with Gasteiger partial charge in [-0.15, -0.1) is 0 Å². The summed E-state index contributed by atoms with van der Waals surface area (Å²) < 4.78 is 17.6. The van der Waals surface area contributed by atoms with Crippen molar-refractivity contribution in [2.75, 3.05) is 11.9 Å². The molecule has 0 saturated carbocycles. The molecule has 0 unspecified atom stereocenters. The Morgan fingerprint density at radius 2 is 1.96 bits per heavy atom. The van der Waals surface area contributed by atoms with Crippen LogP contribution in [-0.4, -0.2) is 23.6 Å². The molecule has 0 spiro atoms. The minimum absolute atomic E-state index is 0.149. The molecule has 0 radical (unpaired) electrons. The smallest absolute Gasteiger partial charge is 0.407 e. The van der Waals surface area contributed by atoms with Crippen LogP contribution in [0.15, 0.2) is 42.6 Å². The molecule has 2 rings (SSSR count). The van der Waals surface area contributed by atoms with Crippen molar-refractivity contribution >= 4 is 17.7 Å². The number of ether oxygens (including phenoxy) is 1. The Hall–Kier alpha value is -2.96. The van der Waals surface area contributed by atoms with E-state index in [1.54, 1.807) is 19.1 Å². The molecule has 0 aliphatic heterocycles. The van der Waals surface area contributed by atoms with Crippen LogP contribution in [0, 0.1) is 5.82 Å². The number of rotatable bonds is 5. The Morgan fingerprint density at radius 3 is 2.65 bits per heavy atom. The highest BCUT2D eigenvalue weighted by atomic mass is 19.1. The van der Waals surface area contributed by atoms with Crippen molar-refractivity contribution in [2.24, 2.45) is 0 Å². The van der Waals surface area contributed by atoms with E-state index in [4.69, 9.17) is 4.74 Å². The number of alkyl carbamates (subject to hydrolysis) is 1. The van der Waals surface area contributed by atoms with Crippen LogP contribution < -0.4 is 10.6 Å². The maximum absolute atomic E-state index is 12.8. The zero-order valence-electron chi connectivity index (χ0n) is 12.5. The van der Waals surface area contributed by atoms with Crippen molar-refractivity contribution in [3.63, 3.8) is 0 Å². The first-order valence-corrected chi connectivity index (χ1v) is 7.01. The first-order chi connectivity index (χ1) is 11.1. The summed E-state index contributed by atoms with van der Waals surface area (Å²) in [7, 11) is 0. The van der Waals surface area contributed by atoms with Crippen LogP contribution in [0.3, 0.4) is 0 Å². The quantitative estimate of drug-likeness (QED) is 0.888. The Bertz CT molecular complexity index is 689. The summed E-state index contributed by atoms with van der Waals surface area (Å²) >= 11 is 0. The van der Waals surface area contributed by atoms with Crippen molar-refractivity contribution in [3.8, 4) is 0 Å². The summed E-state index contributed by atoms with van der Waals surface area (Å²) in [5.74, 6) is -0.726. The van der Waals surface area contributed by atoms with Crippen LogP contribution in [0.5, 0.6) is 0 Å². The highest BCUT2D eigenvalue weighted by Gasteiger charge is 2.08. The molecule has 2 aromatic rings. The second-order valence-electron chi connectivity index (χ2n) is 4.57. The number of halogens is 1. The molecule has 23 heavy (non-hydrogen) atoms. The normalized spacial score (nSPS) is 10.0. The van der Waals surface area contributed by atoms with Gasteiger partial charge in [-0.05, 0) is 43.3 Å². The fourth-order valence-electron chi connectivity index (χ4n) is 1.80. The lowest BCUT2D eigenvalue weighted by molar-refractivity contribution is 0.102. The molecule has 6 nitrogen and oxygen atoms in total. The third-order valence-corrected chi connectivity index (χ3v) is 2.87. The number of anilines is 1. The van der Waals surface area contributed by atoms with Crippen LogP contribution in [0.25, 0.3) is 0 Å². The van der Waals surface area contributed by atoms with E-state index in [9.17, 15) is 14.0 Å². The van der Waals surface area contributed by atoms with Crippen molar-refractivity contribution in [1.29, 1.82) is 0 Å². The van der Waals surface area contributed by atoms with Gasteiger partial charge < -0.3 is 15.4 Å².